The Morgan fingerprint density at radius 2 is 1.41 bits per heavy atom. The molecule has 0 aliphatic rings. The number of nitro benzene ring substituents is 1. The van der Waals surface area contributed by atoms with Gasteiger partial charge in [0.1, 0.15) is 0 Å². The van der Waals surface area contributed by atoms with Gasteiger partial charge in [-0.3, -0.25) is 10.1 Å². The molecule has 0 aliphatic heterocycles. The average molecular weight is 488 g/mol. The molecular weight excluding hydrogens is 472 g/mol. The number of benzene rings is 3. The van der Waals surface area contributed by atoms with E-state index in [9.17, 15) is 10.1 Å². The van der Waals surface area contributed by atoms with Crippen molar-refractivity contribution in [3.8, 4) is 0 Å². The minimum Gasteiger partial charge on any atom is -0.375 e. The van der Waals surface area contributed by atoms with Crippen LogP contribution in [-0.4, -0.2) is 4.92 Å². The number of rotatable bonds is 6. The SMILES string of the molecule is O=[N+]([O-])c1ccc(NC(/C=C/c2ccc(Br)cc2)c2ccc(Br)cc2)cc1. The maximum absolute atomic E-state index is 10.8. The molecule has 1 atom stereocenters. The number of nitrogens with one attached hydrogen (secondary N) is 1. The quantitative estimate of drug-likeness (QED) is 0.301. The standard InChI is InChI=1S/C21H16Br2N2O2/c22-17-6-1-15(2-7-17)3-14-21(16-4-8-18(23)9-5-16)24-19-10-12-20(13-11-19)25(26)27/h1-14,21,24H/b14-3+. The molecule has 3 aromatic carbocycles. The fraction of sp³-hybridized carbons (Fsp3) is 0.0476. The molecule has 0 heterocycles. The van der Waals surface area contributed by atoms with Crippen LogP contribution in [0.2, 0.25) is 0 Å². The summed E-state index contributed by atoms with van der Waals surface area (Å²) < 4.78 is 2.05. The van der Waals surface area contributed by atoms with Gasteiger partial charge in [-0.15, -0.1) is 0 Å². The first kappa shape index (κ1) is 19.3. The third-order valence-electron chi connectivity index (χ3n) is 3.98. The maximum atomic E-state index is 10.8. The number of halogens is 2. The van der Waals surface area contributed by atoms with Crippen LogP contribution >= 0.6 is 31.9 Å². The third-order valence-corrected chi connectivity index (χ3v) is 5.04. The van der Waals surface area contributed by atoms with Crippen molar-refractivity contribution < 1.29 is 4.92 Å². The van der Waals surface area contributed by atoms with E-state index in [-0.39, 0.29) is 11.7 Å². The molecule has 0 saturated heterocycles. The molecule has 0 bridgehead atoms. The van der Waals surface area contributed by atoms with Crippen LogP contribution in [0.25, 0.3) is 6.08 Å². The van der Waals surface area contributed by atoms with Crippen LogP contribution in [-0.2, 0) is 0 Å². The lowest BCUT2D eigenvalue weighted by atomic mass is 10.0. The van der Waals surface area contributed by atoms with Crippen molar-refractivity contribution >= 4 is 49.3 Å². The Bertz CT molecular complexity index is 937. The highest BCUT2D eigenvalue weighted by atomic mass is 79.9. The smallest absolute Gasteiger partial charge is 0.269 e. The van der Waals surface area contributed by atoms with Crippen molar-refractivity contribution in [2.24, 2.45) is 0 Å². The Morgan fingerprint density at radius 1 is 0.852 bits per heavy atom. The number of hydrogen-bond acceptors (Lipinski definition) is 3. The second-order valence-electron chi connectivity index (χ2n) is 5.89. The summed E-state index contributed by atoms with van der Waals surface area (Å²) in [4.78, 5) is 10.4. The predicted octanol–water partition coefficient (Wildman–Crippen LogP) is 6.99. The molecule has 0 aromatic heterocycles. The zero-order valence-electron chi connectivity index (χ0n) is 14.2. The van der Waals surface area contributed by atoms with Crippen LogP contribution in [0.5, 0.6) is 0 Å². The summed E-state index contributed by atoms with van der Waals surface area (Å²) >= 11 is 6.90. The Kier molecular flexibility index (Phi) is 6.42. The first-order valence-electron chi connectivity index (χ1n) is 8.21. The van der Waals surface area contributed by atoms with E-state index < -0.39 is 4.92 Å². The van der Waals surface area contributed by atoms with Crippen molar-refractivity contribution in [3.63, 3.8) is 0 Å². The molecular formula is C21H16Br2N2O2. The van der Waals surface area contributed by atoms with Crippen molar-refractivity contribution in [1.82, 2.24) is 0 Å². The zero-order chi connectivity index (χ0) is 19.2. The van der Waals surface area contributed by atoms with E-state index in [0.717, 1.165) is 25.8 Å². The second-order valence-corrected chi connectivity index (χ2v) is 7.72. The molecule has 0 radical (unpaired) electrons. The number of nitrogens with zero attached hydrogens (tertiary/aromatic N) is 1. The second kappa shape index (κ2) is 8.97. The predicted molar refractivity (Wildman–Crippen MR) is 117 cm³/mol. The summed E-state index contributed by atoms with van der Waals surface area (Å²) in [5.74, 6) is 0. The van der Waals surface area contributed by atoms with Crippen LogP contribution in [0.4, 0.5) is 11.4 Å². The molecule has 0 spiro atoms. The van der Waals surface area contributed by atoms with Gasteiger partial charge in [-0.05, 0) is 47.5 Å². The molecule has 1 unspecified atom stereocenters. The molecule has 0 amide bonds. The number of anilines is 1. The summed E-state index contributed by atoms with van der Waals surface area (Å²) in [5, 5.41) is 14.3. The van der Waals surface area contributed by atoms with Crippen LogP contribution < -0.4 is 5.32 Å². The monoisotopic (exact) mass is 486 g/mol. The van der Waals surface area contributed by atoms with Gasteiger partial charge in [0, 0.05) is 26.8 Å². The Balaban J connectivity index is 1.86. The Labute approximate surface area is 174 Å². The highest BCUT2D eigenvalue weighted by molar-refractivity contribution is 9.10. The number of non-ortho nitro benzene ring substituents is 1. The lowest BCUT2D eigenvalue weighted by molar-refractivity contribution is -0.384. The summed E-state index contributed by atoms with van der Waals surface area (Å²) in [6.45, 7) is 0. The lowest BCUT2D eigenvalue weighted by Crippen LogP contribution is -2.08. The van der Waals surface area contributed by atoms with E-state index in [1.807, 2.05) is 48.5 Å². The molecule has 0 saturated carbocycles. The molecule has 0 fully saturated rings. The fourth-order valence-electron chi connectivity index (χ4n) is 2.55. The molecule has 3 rings (SSSR count). The van der Waals surface area contributed by atoms with E-state index >= 15 is 0 Å². The topological polar surface area (TPSA) is 55.2 Å². The highest BCUT2D eigenvalue weighted by Gasteiger charge is 2.10. The first-order chi connectivity index (χ1) is 13.0. The van der Waals surface area contributed by atoms with Gasteiger partial charge in [0.2, 0.25) is 0 Å². The van der Waals surface area contributed by atoms with Gasteiger partial charge in [-0.2, -0.15) is 0 Å². The highest BCUT2D eigenvalue weighted by Crippen LogP contribution is 2.25. The van der Waals surface area contributed by atoms with Gasteiger partial charge < -0.3 is 5.32 Å². The number of hydrogen-bond donors (Lipinski definition) is 1. The van der Waals surface area contributed by atoms with Crippen molar-refractivity contribution in [1.29, 1.82) is 0 Å². The normalized spacial score (nSPS) is 12.1. The van der Waals surface area contributed by atoms with E-state index in [4.69, 9.17) is 0 Å². The van der Waals surface area contributed by atoms with E-state index in [1.54, 1.807) is 12.1 Å². The average Bonchev–Trinajstić information content (AvgIpc) is 2.67. The summed E-state index contributed by atoms with van der Waals surface area (Å²) in [6.07, 6.45) is 4.13. The molecule has 1 N–H and O–H groups in total. The van der Waals surface area contributed by atoms with Gasteiger partial charge in [-0.1, -0.05) is 68.3 Å². The molecule has 4 nitrogen and oxygen atoms in total. The van der Waals surface area contributed by atoms with Crippen molar-refractivity contribution in [2.75, 3.05) is 5.32 Å². The third kappa shape index (κ3) is 5.52. The van der Waals surface area contributed by atoms with Gasteiger partial charge in [-0.25, -0.2) is 0 Å². The largest absolute Gasteiger partial charge is 0.375 e. The van der Waals surface area contributed by atoms with Gasteiger partial charge in [0.05, 0.1) is 11.0 Å². The summed E-state index contributed by atoms with van der Waals surface area (Å²) in [7, 11) is 0. The fourth-order valence-corrected chi connectivity index (χ4v) is 3.08. The molecule has 27 heavy (non-hydrogen) atoms. The number of nitro groups is 1. The molecule has 136 valence electrons. The molecule has 6 heteroatoms. The van der Waals surface area contributed by atoms with E-state index in [1.165, 1.54) is 12.1 Å². The first-order valence-corrected chi connectivity index (χ1v) is 9.80. The molecule has 0 aliphatic carbocycles. The van der Waals surface area contributed by atoms with E-state index in [2.05, 4.69) is 49.3 Å². The van der Waals surface area contributed by atoms with Crippen LogP contribution in [0.15, 0.2) is 87.8 Å². The van der Waals surface area contributed by atoms with Crippen LogP contribution in [0, 0.1) is 10.1 Å². The van der Waals surface area contributed by atoms with Gasteiger partial charge in [0.25, 0.3) is 5.69 Å². The minimum atomic E-state index is -0.399. The lowest BCUT2D eigenvalue weighted by Gasteiger charge is -2.17. The van der Waals surface area contributed by atoms with Crippen LogP contribution in [0.1, 0.15) is 17.2 Å². The molecule has 3 aromatic rings. The minimum absolute atomic E-state index is 0.0751. The maximum Gasteiger partial charge on any atom is 0.269 e. The summed E-state index contributed by atoms with van der Waals surface area (Å²) in [6, 6.07) is 22.5. The summed E-state index contributed by atoms with van der Waals surface area (Å²) in [5.41, 5.74) is 3.07. The van der Waals surface area contributed by atoms with Crippen molar-refractivity contribution in [3.05, 3.63) is 109 Å². The Morgan fingerprint density at radius 3 is 1.96 bits per heavy atom. The van der Waals surface area contributed by atoms with Crippen LogP contribution in [0.3, 0.4) is 0 Å². The van der Waals surface area contributed by atoms with Gasteiger partial charge >= 0.3 is 0 Å². The van der Waals surface area contributed by atoms with Gasteiger partial charge in [0.15, 0.2) is 0 Å². The van der Waals surface area contributed by atoms with E-state index in [0.29, 0.717) is 0 Å². The van der Waals surface area contributed by atoms with Crippen molar-refractivity contribution in [2.45, 2.75) is 6.04 Å². The zero-order valence-corrected chi connectivity index (χ0v) is 17.4. The Hall–Kier alpha value is -2.44.